The fourth-order valence-electron chi connectivity index (χ4n) is 5.56. The minimum absolute atomic E-state index is 0.0166. The Balaban J connectivity index is 1.66. The Morgan fingerprint density at radius 1 is 0.950 bits per heavy atom. The first-order valence-corrected chi connectivity index (χ1v) is 14.1. The molecule has 1 atom stereocenters. The lowest BCUT2D eigenvalue weighted by Gasteiger charge is -2.49. The summed E-state index contributed by atoms with van der Waals surface area (Å²) in [6.45, 7) is 2.94. The number of rotatable bonds is 8. The van der Waals surface area contributed by atoms with Crippen molar-refractivity contribution in [2.45, 2.75) is 30.7 Å². The number of carbonyl (C=O) groups is 2. The number of hydrogen-bond donors (Lipinski definition) is 0. The first-order chi connectivity index (χ1) is 19.5. The largest absolute Gasteiger partial charge is 0.468 e. The number of thioether (sulfide) groups is 1. The molecule has 1 fully saturated rings. The van der Waals surface area contributed by atoms with Crippen molar-refractivity contribution in [3.8, 4) is 0 Å². The van der Waals surface area contributed by atoms with E-state index in [0.29, 0.717) is 12.4 Å². The lowest BCUT2D eigenvalue weighted by Crippen LogP contribution is -2.52. The van der Waals surface area contributed by atoms with Crippen LogP contribution in [0.1, 0.15) is 35.9 Å². The number of ether oxygens (including phenoxy) is 1. The van der Waals surface area contributed by atoms with Crippen LogP contribution in [0, 0.1) is 0 Å². The summed E-state index contributed by atoms with van der Waals surface area (Å²) in [4.78, 5) is 31.2. The molecule has 204 valence electrons. The monoisotopic (exact) mass is 552 g/mol. The summed E-state index contributed by atoms with van der Waals surface area (Å²) in [5.41, 5.74) is 3.97. The number of carbonyl (C=O) groups excluding carboxylic acids is 2. The molecule has 2 heterocycles. The molecule has 1 unspecified atom stereocenters. The number of likely N-dealkylation sites (tertiary alicyclic amines) is 1. The van der Waals surface area contributed by atoms with Gasteiger partial charge in [-0.3, -0.25) is 14.5 Å². The van der Waals surface area contributed by atoms with Crippen LogP contribution in [0.2, 0.25) is 0 Å². The van der Waals surface area contributed by atoms with Crippen molar-refractivity contribution in [2.75, 3.05) is 20.2 Å². The summed E-state index contributed by atoms with van der Waals surface area (Å²) in [6, 6.07) is 31.7. The van der Waals surface area contributed by atoms with Crippen molar-refractivity contribution in [1.29, 1.82) is 0 Å². The van der Waals surface area contributed by atoms with E-state index in [1.165, 1.54) is 46.6 Å². The second kappa shape index (κ2) is 12.4. The predicted molar refractivity (Wildman–Crippen MR) is 157 cm³/mol. The van der Waals surface area contributed by atoms with Crippen LogP contribution in [-0.2, 0) is 26.4 Å². The maximum absolute atomic E-state index is 12.3. The van der Waals surface area contributed by atoms with Gasteiger partial charge in [0.2, 0.25) is 0 Å². The molecule has 0 saturated carbocycles. The molecule has 0 amide bonds. The zero-order valence-electron chi connectivity index (χ0n) is 22.6. The van der Waals surface area contributed by atoms with Gasteiger partial charge in [0.1, 0.15) is 12.9 Å². The second-order valence-electron chi connectivity index (χ2n) is 9.69. The van der Waals surface area contributed by atoms with E-state index in [4.69, 9.17) is 4.74 Å². The number of hydrogen-bond acceptors (Lipinski definition) is 7. The molecular formula is C32H32N4O3S. The van der Waals surface area contributed by atoms with Crippen LogP contribution in [0.15, 0.2) is 103 Å². The summed E-state index contributed by atoms with van der Waals surface area (Å²) >= 11 is 1.35. The van der Waals surface area contributed by atoms with E-state index in [1.807, 2.05) is 24.3 Å². The summed E-state index contributed by atoms with van der Waals surface area (Å²) < 4.78 is 6.38. The quantitative estimate of drug-likeness (QED) is 0.220. The van der Waals surface area contributed by atoms with E-state index in [2.05, 4.69) is 87.8 Å². The van der Waals surface area contributed by atoms with E-state index < -0.39 is 11.5 Å². The highest BCUT2D eigenvalue weighted by molar-refractivity contribution is 8.14. The molecule has 1 saturated heterocycles. The summed E-state index contributed by atoms with van der Waals surface area (Å²) in [5.74, 6) is 0.155. The molecule has 4 aromatic rings. The minimum atomic E-state index is -0.575. The number of aromatic nitrogens is 3. The molecule has 0 radical (unpaired) electrons. The summed E-state index contributed by atoms with van der Waals surface area (Å²) in [7, 11) is 1.35. The fourth-order valence-corrected chi connectivity index (χ4v) is 6.48. The molecule has 0 spiro atoms. The summed E-state index contributed by atoms with van der Waals surface area (Å²) in [6.07, 6.45) is 4.19. The van der Waals surface area contributed by atoms with Crippen LogP contribution in [0.4, 0.5) is 0 Å². The fraction of sp³-hybridized carbons (Fsp3) is 0.250. The van der Waals surface area contributed by atoms with Gasteiger partial charge in [-0.05, 0) is 34.8 Å². The Kier molecular flexibility index (Phi) is 8.57. The van der Waals surface area contributed by atoms with E-state index in [9.17, 15) is 9.59 Å². The van der Waals surface area contributed by atoms with Gasteiger partial charge in [-0.25, -0.2) is 9.67 Å². The van der Waals surface area contributed by atoms with Gasteiger partial charge in [-0.2, -0.15) is 5.10 Å². The van der Waals surface area contributed by atoms with Gasteiger partial charge in [0, 0.05) is 25.3 Å². The van der Waals surface area contributed by atoms with Gasteiger partial charge in [0.25, 0.3) is 0 Å². The molecule has 5 rings (SSSR count). The first kappa shape index (κ1) is 27.6. The molecule has 8 heteroatoms. The molecule has 1 aliphatic heterocycles. The Morgan fingerprint density at radius 3 is 2.00 bits per heavy atom. The maximum Gasteiger partial charge on any atom is 0.327 e. The average molecular weight is 553 g/mol. The van der Waals surface area contributed by atoms with Gasteiger partial charge in [-0.15, -0.1) is 0 Å². The SMILES string of the molecule is COC(=O)Cn1ncnc1C=C1CN(C(c2ccccc2)(c2ccccc2)c2ccccc2)CCC1SC(C)=O. The molecule has 3 aromatic carbocycles. The van der Waals surface area contributed by atoms with Gasteiger partial charge in [-0.1, -0.05) is 103 Å². The molecule has 1 aromatic heterocycles. The predicted octanol–water partition coefficient (Wildman–Crippen LogP) is 5.18. The lowest BCUT2D eigenvalue weighted by molar-refractivity contribution is -0.141. The summed E-state index contributed by atoms with van der Waals surface area (Å²) in [5, 5.41) is 4.29. The molecule has 0 N–H and O–H groups in total. The number of piperidine rings is 1. The zero-order valence-corrected chi connectivity index (χ0v) is 23.5. The Hall–Kier alpha value is -4.01. The lowest BCUT2D eigenvalue weighted by atomic mass is 9.74. The number of methoxy groups -OCH3 is 1. The third-order valence-corrected chi connectivity index (χ3v) is 8.43. The number of esters is 1. The highest BCUT2D eigenvalue weighted by Gasteiger charge is 2.44. The van der Waals surface area contributed by atoms with Crippen LogP contribution in [0.5, 0.6) is 0 Å². The third-order valence-electron chi connectivity index (χ3n) is 7.27. The normalized spacial score (nSPS) is 17.1. The highest BCUT2D eigenvalue weighted by Crippen LogP contribution is 2.45. The maximum atomic E-state index is 12.3. The molecule has 7 nitrogen and oxygen atoms in total. The topological polar surface area (TPSA) is 77.3 Å². The molecular weight excluding hydrogens is 520 g/mol. The van der Waals surface area contributed by atoms with Gasteiger partial charge >= 0.3 is 5.97 Å². The Labute approximate surface area is 238 Å². The van der Waals surface area contributed by atoms with Crippen molar-refractivity contribution in [2.24, 2.45) is 0 Å². The number of nitrogens with zero attached hydrogens (tertiary/aromatic N) is 4. The zero-order chi connectivity index (χ0) is 28.0. The highest BCUT2D eigenvalue weighted by atomic mass is 32.2. The number of benzene rings is 3. The van der Waals surface area contributed by atoms with Gasteiger partial charge in [0.15, 0.2) is 10.9 Å². The van der Waals surface area contributed by atoms with Gasteiger partial charge in [0.05, 0.1) is 12.6 Å². The van der Waals surface area contributed by atoms with Crippen molar-refractivity contribution in [3.63, 3.8) is 0 Å². The second-order valence-corrected chi connectivity index (χ2v) is 11.1. The average Bonchev–Trinajstić information content (AvgIpc) is 3.42. The minimum Gasteiger partial charge on any atom is -0.468 e. The smallest absolute Gasteiger partial charge is 0.327 e. The molecule has 40 heavy (non-hydrogen) atoms. The van der Waals surface area contributed by atoms with E-state index in [0.717, 1.165) is 18.5 Å². The standard InChI is InChI=1S/C32H32N4O3S/c1-24(37)40-29-18-19-35(21-25(29)20-30-33-23-34-36(30)22-31(38)39-2)32(26-12-6-3-7-13-26,27-14-8-4-9-15-27)28-16-10-5-11-17-28/h3-17,20,23,29H,18-19,21-22H2,1-2H3. The third kappa shape index (κ3) is 5.64. The van der Waals surface area contributed by atoms with Gasteiger partial charge < -0.3 is 4.74 Å². The van der Waals surface area contributed by atoms with E-state index >= 15 is 0 Å². The van der Waals surface area contributed by atoms with Crippen LogP contribution < -0.4 is 0 Å². The van der Waals surface area contributed by atoms with Crippen LogP contribution >= 0.6 is 11.8 Å². The van der Waals surface area contributed by atoms with Crippen molar-refractivity contribution >= 4 is 28.9 Å². The Morgan fingerprint density at radius 2 is 1.50 bits per heavy atom. The van der Waals surface area contributed by atoms with Crippen molar-refractivity contribution in [3.05, 3.63) is 125 Å². The van der Waals surface area contributed by atoms with E-state index in [1.54, 1.807) is 6.92 Å². The molecule has 0 aliphatic carbocycles. The first-order valence-electron chi connectivity index (χ1n) is 13.3. The van der Waals surface area contributed by atoms with Crippen molar-refractivity contribution < 1.29 is 14.3 Å². The van der Waals surface area contributed by atoms with Crippen LogP contribution in [0.3, 0.4) is 0 Å². The van der Waals surface area contributed by atoms with E-state index in [-0.39, 0.29) is 16.9 Å². The van der Waals surface area contributed by atoms with Crippen LogP contribution in [0.25, 0.3) is 6.08 Å². The van der Waals surface area contributed by atoms with Crippen molar-refractivity contribution in [1.82, 2.24) is 19.7 Å². The van der Waals surface area contributed by atoms with Crippen LogP contribution in [-0.4, -0.2) is 56.2 Å². The molecule has 0 bridgehead atoms. The molecule has 1 aliphatic rings. The Bertz CT molecular complexity index is 1380.